The van der Waals surface area contributed by atoms with Crippen molar-refractivity contribution >= 4 is 5.91 Å². The molecule has 2 aliphatic carbocycles. The Kier molecular flexibility index (Phi) is 4.87. The fraction of sp³-hybridized carbons (Fsp3) is 0.933. The number of hydrogen-bond donors (Lipinski definition) is 1. The number of rotatable bonds is 7. The summed E-state index contributed by atoms with van der Waals surface area (Å²) in [6.07, 6.45) is 11.9. The maximum absolute atomic E-state index is 12.0. The summed E-state index contributed by atoms with van der Waals surface area (Å²) in [5, 5.41) is 3.02. The third kappa shape index (κ3) is 4.33. The lowest BCUT2D eigenvalue weighted by atomic mass is 9.90. The van der Waals surface area contributed by atoms with Gasteiger partial charge in [-0.2, -0.15) is 0 Å². The molecular formula is C15H27NO. The topological polar surface area (TPSA) is 29.1 Å². The van der Waals surface area contributed by atoms with Crippen molar-refractivity contribution in [3.63, 3.8) is 0 Å². The molecule has 2 aliphatic rings. The molecule has 0 heterocycles. The molecule has 0 aliphatic heterocycles. The molecule has 0 bridgehead atoms. The summed E-state index contributed by atoms with van der Waals surface area (Å²) < 4.78 is 0. The van der Waals surface area contributed by atoms with Crippen molar-refractivity contribution < 1.29 is 4.79 Å². The predicted octanol–water partition coefficient (Wildman–Crippen LogP) is 3.51. The summed E-state index contributed by atoms with van der Waals surface area (Å²) in [4.78, 5) is 12.0. The zero-order chi connectivity index (χ0) is 12.1. The van der Waals surface area contributed by atoms with E-state index in [1.165, 1.54) is 44.9 Å². The van der Waals surface area contributed by atoms with Crippen LogP contribution < -0.4 is 5.32 Å². The maximum atomic E-state index is 12.0. The fourth-order valence-corrected chi connectivity index (χ4v) is 3.17. The van der Waals surface area contributed by atoms with Gasteiger partial charge in [-0.05, 0) is 38.0 Å². The van der Waals surface area contributed by atoms with Crippen molar-refractivity contribution in [2.75, 3.05) is 6.54 Å². The molecule has 2 nitrogen and oxygen atoms in total. The van der Waals surface area contributed by atoms with Crippen LogP contribution in [0, 0.1) is 17.8 Å². The van der Waals surface area contributed by atoms with Crippen molar-refractivity contribution in [1.29, 1.82) is 0 Å². The number of nitrogens with one attached hydrogen (secondary N) is 1. The molecule has 2 fully saturated rings. The second-order valence-electron chi connectivity index (χ2n) is 6.00. The molecule has 2 saturated carbocycles. The Morgan fingerprint density at radius 3 is 2.47 bits per heavy atom. The molecule has 17 heavy (non-hydrogen) atoms. The molecule has 0 aromatic rings. The minimum atomic E-state index is 0.308. The average molecular weight is 237 g/mol. The summed E-state index contributed by atoms with van der Waals surface area (Å²) in [5.74, 6) is 2.41. The Hall–Kier alpha value is -0.530. The van der Waals surface area contributed by atoms with E-state index in [0.29, 0.717) is 11.8 Å². The number of hydrogen-bond acceptors (Lipinski definition) is 1. The van der Waals surface area contributed by atoms with E-state index >= 15 is 0 Å². The van der Waals surface area contributed by atoms with Crippen LogP contribution in [0.15, 0.2) is 0 Å². The standard InChI is InChI=1S/C15H27NO/c1-2-16-15(17)14(11-13-7-8-13)10-9-12-5-3-4-6-12/h12-14H,2-11H2,1H3,(H,16,17). The molecule has 1 unspecified atom stereocenters. The minimum Gasteiger partial charge on any atom is -0.356 e. The van der Waals surface area contributed by atoms with Gasteiger partial charge in [0.1, 0.15) is 0 Å². The summed E-state index contributed by atoms with van der Waals surface area (Å²) in [6.45, 7) is 2.80. The Morgan fingerprint density at radius 2 is 1.88 bits per heavy atom. The van der Waals surface area contributed by atoms with E-state index in [4.69, 9.17) is 0 Å². The van der Waals surface area contributed by atoms with Crippen LogP contribution in [0.2, 0.25) is 0 Å². The minimum absolute atomic E-state index is 0.308. The van der Waals surface area contributed by atoms with Gasteiger partial charge in [-0.3, -0.25) is 4.79 Å². The lowest BCUT2D eigenvalue weighted by molar-refractivity contribution is -0.125. The van der Waals surface area contributed by atoms with Crippen molar-refractivity contribution in [3.8, 4) is 0 Å². The van der Waals surface area contributed by atoms with Gasteiger partial charge in [-0.25, -0.2) is 0 Å². The molecule has 0 spiro atoms. The quantitative estimate of drug-likeness (QED) is 0.721. The van der Waals surface area contributed by atoms with Gasteiger partial charge in [-0.15, -0.1) is 0 Å². The molecule has 0 radical (unpaired) electrons. The Bertz CT molecular complexity index is 241. The third-order valence-corrected chi connectivity index (χ3v) is 4.43. The maximum Gasteiger partial charge on any atom is 0.223 e. The Labute approximate surface area is 106 Å². The van der Waals surface area contributed by atoms with E-state index in [0.717, 1.165) is 31.2 Å². The summed E-state index contributed by atoms with van der Waals surface area (Å²) in [7, 11) is 0. The molecule has 0 saturated heterocycles. The van der Waals surface area contributed by atoms with Gasteiger partial charge in [0, 0.05) is 12.5 Å². The van der Waals surface area contributed by atoms with Crippen LogP contribution in [0.25, 0.3) is 0 Å². The largest absolute Gasteiger partial charge is 0.356 e. The predicted molar refractivity (Wildman–Crippen MR) is 70.7 cm³/mol. The van der Waals surface area contributed by atoms with Crippen LogP contribution in [0.3, 0.4) is 0 Å². The summed E-state index contributed by atoms with van der Waals surface area (Å²) in [5.41, 5.74) is 0. The zero-order valence-electron chi connectivity index (χ0n) is 11.2. The summed E-state index contributed by atoms with van der Waals surface area (Å²) >= 11 is 0. The van der Waals surface area contributed by atoms with Crippen molar-refractivity contribution in [3.05, 3.63) is 0 Å². The van der Waals surface area contributed by atoms with Crippen LogP contribution in [0.5, 0.6) is 0 Å². The van der Waals surface area contributed by atoms with E-state index in [2.05, 4.69) is 5.32 Å². The molecular weight excluding hydrogens is 210 g/mol. The molecule has 1 amide bonds. The SMILES string of the molecule is CCNC(=O)C(CCC1CCCC1)CC1CC1. The zero-order valence-corrected chi connectivity index (χ0v) is 11.2. The Morgan fingerprint density at radius 1 is 1.18 bits per heavy atom. The highest BCUT2D eigenvalue weighted by Crippen LogP contribution is 2.38. The molecule has 98 valence electrons. The first-order valence-corrected chi connectivity index (χ1v) is 7.57. The van der Waals surface area contributed by atoms with Crippen LogP contribution in [-0.4, -0.2) is 12.5 Å². The number of amides is 1. The normalized spacial score (nSPS) is 22.6. The highest BCUT2D eigenvalue weighted by atomic mass is 16.1. The van der Waals surface area contributed by atoms with Crippen LogP contribution in [-0.2, 0) is 4.79 Å². The number of carbonyl (C=O) groups excluding carboxylic acids is 1. The highest BCUT2D eigenvalue weighted by molar-refractivity contribution is 5.78. The molecule has 2 rings (SSSR count). The first-order chi connectivity index (χ1) is 8.29. The van der Waals surface area contributed by atoms with Gasteiger partial charge in [0.2, 0.25) is 5.91 Å². The van der Waals surface area contributed by atoms with E-state index in [1.807, 2.05) is 6.92 Å². The third-order valence-electron chi connectivity index (χ3n) is 4.43. The average Bonchev–Trinajstić information content (AvgIpc) is 2.98. The molecule has 2 heteroatoms. The van der Waals surface area contributed by atoms with Crippen molar-refractivity contribution in [2.24, 2.45) is 17.8 Å². The summed E-state index contributed by atoms with van der Waals surface area (Å²) in [6, 6.07) is 0. The first-order valence-electron chi connectivity index (χ1n) is 7.57. The highest BCUT2D eigenvalue weighted by Gasteiger charge is 2.29. The van der Waals surface area contributed by atoms with Gasteiger partial charge in [0.05, 0.1) is 0 Å². The number of carbonyl (C=O) groups is 1. The molecule has 0 aromatic carbocycles. The fourth-order valence-electron chi connectivity index (χ4n) is 3.17. The lowest BCUT2D eigenvalue weighted by Gasteiger charge is -2.18. The second-order valence-corrected chi connectivity index (χ2v) is 6.00. The van der Waals surface area contributed by atoms with Crippen molar-refractivity contribution in [1.82, 2.24) is 5.32 Å². The van der Waals surface area contributed by atoms with E-state index < -0.39 is 0 Å². The Balaban J connectivity index is 1.74. The van der Waals surface area contributed by atoms with Gasteiger partial charge < -0.3 is 5.32 Å². The lowest BCUT2D eigenvalue weighted by Crippen LogP contribution is -2.31. The van der Waals surface area contributed by atoms with Gasteiger partial charge >= 0.3 is 0 Å². The molecule has 1 atom stereocenters. The first kappa shape index (κ1) is 12.9. The smallest absolute Gasteiger partial charge is 0.223 e. The van der Waals surface area contributed by atoms with Crippen molar-refractivity contribution in [2.45, 2.75) is 64.7 Å². The van der Waals surface area contributed by atoms with Gasteiger partial charge in [-0.1, -0.05) is 38.5 Å². The van der Waals surface area contributed by atoms with E-state index in [1.54, 1.807) is 0 Å². The van der Waals surface area contributed by atoms with E-state index in [9.17, 15) is 4.79 Å². The molecule has 0 aromatic heterocycles. The van der Waals surface area contributed by atoms with Crippen LogP contribution in [0.1, 0.15) is 64.7 Å². The van der Waals surface area contributed by atoms with Gasteiger partial charge in [0.15, 0.2) is 0 Å². The van der Waals surface area contributed by atoms with Crippen LogP contribution >= 0.6 is 0 Å². The van der Waals surface area contributed by atoms with Gasteiger partial charge in [0.25, 0.3) is 0 Å². The van der Waals surface area contributed by atoms with Crippen LogP contribution in [0.4, 0.5) is 0 Å². The molecule has 1 N–H and O–H groups in total. The van der Waals surface area contributed by atoms with E-state index in [-0.39, 0.29) is 0 Å². The monoisotopic (exact) mass is 237 g/mol. The second kappa shape index (κ2) is 6.42.